The van der Waals surface area contributed by atoms with E-state index in [1.807, 2.05) is 30.1 Å². The molecule has 0 radical (unpaired) electrons. The molecule has 134 valence electrons. The molecule has 1 aliphatic rings. The third kappa shape index (κ3) is 3.66. The number of fused-ring (bicyclic) bond motifs is 1. The van der Waals surface area contributed by atoms with Gasteiger partial charge in [0.2, 0.25) is 0 Å². The van der Waals surface area contributed by atoms with E-state index in [1.54, 1.807) is 6.33 Å². The summed E-state index contributed by atoms with van der Waals surface area (Å²) in [5, 5.41) is 2.16. The summed E-state index contributed by atoms with van der Waals surface area (Å²) in [6.45, 7) is 3.53. The summed E-state index contributed by atoms with van der Waals surface area (Å²) in [6.07, 6.45) is 5.86. The Hall–Kier alpha value is -2.57. The number of aryl methyl sites for hydroxylation is 1. The number of morpholine rings is 1. The fraction of sp³-hybridized carbons (Fsp3) is 0.350. The number of ether oxygens (including phenoxy) is 1. The molecule has 2 aromatic heterocycles. The molecule has 0 amide bonds. The van der Waals surface area contributed by atoms with Crippen LogP contribution in [0.15, 0.2) is 43.0 Å². The molecule has 26 heavy (non-hydrogen) atoms. The number of hydrogen-bond acceptors (Lipinski definition) is 5. The summed E-state index contributed by atoms with van der Waals surface area (Å²) in [6, 6.07) is 8.28. The van der Waals surface area contributed by atoms with Crippen LogP contribution in [0.5, 0.6) is 0 Å². The minimum Gasteiger partial charge on any atom is -0.379 e. The lowest BCUT2D eigenvalue weighted by molar-refractivity contribution is -0.120. The lowest BCUT2D eigenvalue weighted by Crippen LogP contribution is -2.39. The highest BCUT2D eigenvalue weighted by Gasteiger charge is 2.15. The van der Waals surface area contributed by atoms with Gasteiger partial charge in [-0.05, 0) is 17.5 Å². The number of hydrogen-bond donors (Lipinski definition) is 0. The van der Waals surface area contributed by atoms with Gasteiger partial charge in [-0.1, -0.05) is 12.1 Å². The van der Waals surface area contributed by atoms with Gasteiger partial charge in [-0.15, -0.1) is 0 Å². The Balaban J connectivity index is 1.52. The zero-order valence-electron chi connectivity index (χ0n) is 14.9. The number of rotatable bonds is 5. The van der Waals surface area contributed by atoms with Crippen LogP contribution in [-0.2, 0) is 23.0 Å². The van der Waals surface area contributed by atoms with E-state index in [2.05, 4.69) is 33.1 Å². The van der Waals surface area contributed by atoms with Crippen LogP contribution in [0.25, 0.3) is 22.0 Å². The van der Waals surface area contributed by atoms with Gasteiger partial charge in [0, 0.05) is 43.0 Å². The average Bonchev–Trinajstić information content (AvgIpc) is 3.08. The number of carbonyl (C=O) groups excluding carboxylic acids is 1. The first kappa shape index (κ1) is 16.9. The highest BCUT2D eigenvalue weighted by Crippen LogP contribution is 2.24. The van der Waals surface area contributed by atoms with Crippen molar-refractivity contribution in [2.45, 2.75) is 6.42 Å². The van der Waals surface area contributed by atoms with Gasteiger partial charge in [-0.3, -0.25) is 14.7 Å². The Bertz CT molecular complexity index is 928. The van der Waals surface area contributed by atoms with Crippen LogP contribution in [-0.4, -0.2) is 58.1 Å². The van der Waals surface area contributed by atoms with E-state index < -0.39 is 0 Å². The summed E-state index contributed by atoms with van der Waals surface area (Å²) in [5.74, 6) is 0.196. The van der Waals surface area contributed by atoms with Gasteiger partial charge in [0.05, 0.1) is 44.4 Å². The number of pyridine rings is 1. The number of ketones is 1. The minimum atomic E-state index is 0.196. The van der Waals surface area contributed by atoms with Crippen molar-refractivity contribution in [1.29, 1.82) is 0 Å². The SMILES string of the molecule is Cn1cncc1-c1ccc2cnc(CC(=O)CN3CCOCC3)cc2c1. The van der Waals surface area contributed by atoms with Crippen molar-refractivity contribution in [3.63, 3.8) is 0 Å². The molecule has 0 atom stereocenters. The standard InChI is InChI=1S/C20H22N4O2/c1-23-14-21-12-20(23)15-2-3-16-11-22-18(9-17(16)8-15)10-19(25)13-24-4-6-26-7-5-24/h2-3,8-9,11-12,14H,4-7,10,13H2,1H3. The van der Waals surface area contributed by atoms with E-state index in [0.717, 1.165) is 40.8 Å². The first-order chi connectivity index (χ1) is 12.7. The lowest BCUT2D eigenvalue weighted by Gasteiger charge is -2.25. The Morgan fingerprint density at radius 1 is 1.15 bits per heavy atom. The first-order valence-corrected chi connectivity index (χ1v) is 8.86. The van der Waals surface area contributed by atoms with E-state index in [0.29, 0.717) is 26.2 Å². The second-order valence-electron chi connectivity index (χ2n) is 6.73. The molecular formula is C20H22N4O2. The number of Topliss-reactive ketones (excluding diaryl/α,β-unsaturated/α-hetero) is 1. The first-order valence-electron chi connectivity index (χ1n) is 8.86. The molecule has 1 aromatic carbocycles. The molecular weight excluding hydrogens is 328 g/mol. The fourth-order valence-corrected chi connectivity index (χ4v) is 3.34. The Morgan fingerprint density at radius 3 is 2.77 bits per heavy atom. The van der Waals surface area contributed by atoms with Crippen molar-refractivity contribution in [2.24, 2.45) is 7.05 Å². The second-order valence-corrected chi connectivity index (χ2v) is 6.73. The van der Waals surface area contributed by atoms with Crippen LogP contribution in [0.3, 0.4) is 0 Å². The predicted octanol–water partition coefficient (Wildman–Crippen LogP) is 2.08. The lowest BCUT2D eigenvalue weighted by atomic mass is 10.0. The van der Waals surface area contributed by atoms with Gasteiger partial charge in [-0.2, -0.15) is 0 Å². The Labute approximate surface area is 152 Å². The van der Waals surface area contributed by atoms with Gasteiger partial charge in [0.25, 0.3) is 0 Å². The molecule has 6 nitrogen and oxygen atoms in total. The summed E-state index contributed by atoms with van der Waals surface area (Å²) >= 11 is 0. The van der Waals surface area contributed by atoms with Crippen molar-refractivity contribution >= 4 is 16.6 Å². The van der Waals surface area contributed by atoms with Crippen molar-refractivity contribution in [2.75, 3.05) is 32.8 Å². The van der Waals surface area contributed by atoms with Gasteiger partial charge in [0.1, 0.15) is 0 Å². The summed E-state index contributed by atoms with van der Waals surface area (Å²) in [7, 11) is 1.98. The van der Waals surface area contributed by atoms with E-state index in [-0.39, 0.29) is 5.78 Å². The maximum absolute atomic E-state index is 12.4. The van der Waals surface area contributed by atoms with Crippen molar-refractivity contribution in [3.05, 3.63) is 48.7 Å². The Morgan fingerprint density at radius 2 is 2.00 bits per heavy atom. The number of nitrogens with zero attached hydrogens (tertiary/aromatic N) is 4. The van der Waals surface area contributed by atoms with Gasteiger partial charge < -0.3 is 9.30 Å². The maximum Gasteiger partial charge on any atom is 0.152 e. The summed E-state index contributed by atoms with van der Waals surface area (Å²) in [4.78, 5) is 23.2. The van der Waals surface area contributed by atoms with Gasteiger partial charge in [-0.25, -0.2) is 4.98 Å². The smallest absolute Gasteiger partial charge is 0.152 e. The molecule has 0 N–H and O–H groups in total. The maximum atomic E-state index is 12.4. The molecule has 0 bridgehead atoms. The highest BCUT2D eigenvalue weighted by atomic mass is 16.5. The molecule has 1 aliphatic heterocycles. The summed E-state index contributed by atoms with van der Waals surface area (Å²) < 4.78 is 7.32. The highest BCUT2D eigenvalue weighted by molar-refractivity contribution is 5.88. The van der Waals surface area contributed by atoms with Gasteiger partial charge >= 0.3 is 0 Å². The average molecular weight is 350 g/mol. The number of aromatic nitrogens is 3. The molecule has 4 rings (SSSR count). The van der Waals surface area contributed by atoms with Crippen LogP contribution in [0.4, 0.5) is 0 Å². The number of imidazole rings is 1. The molecule has 3 aromatic rings. The third-order valence-electron chi connectivity index (χ3n) is 4.77. The monoisotopic (exact) mass is 350 g/mol. The quantitative estimate of drug-likeness (QED) is 0.705. The largest absolute Gasteiger partial charge is 0.379 e. The van der Waals surface area contributed by atoms with Crippen LogP contribution in [0, 0.1) is 0 Å². The van der Waals surface area contributed by atoms with E-state index in [4.69, 9.17) is 4.74 Å². The van der Waals surface area contributed by atoms with Crippen LogP contribution >= 0.6 is 0 Å². The minimum absolute atomic E-state index is 0.196. The third-order valence-corrected chi connectivity index (χ3v) is 4.77. The number of benzene rings is 1. The molecule has 3 heterocycles. The van der Waals surface area contributed by atoms with Crippen molar-refractivity contribution in [1.82, 2.24) is 19.4 Å². The Kier molecular flexibility index (Phi) is 4.77. The van der Waals surface area contributed by atoms with Gasteiger partial charge in [0.15, 0.2) is 5.78 Å². The van der Waals surface area contributed by atoms with Crippen LogP contribution in [0.2, 0.25) is 0 Å². The topological polar surface area (TPSA) is 60.2 Å². The van der Waals surface area contributed by atoms with E-state index in [9.17, 15) is 4.79 Å². The van der Waals surface area contributed by atoms with Crippen LogP contribution in [0.1, 0.15) is 5.69 Å². The van der Waals surface area contributed by atoms with Crippen molar-refractivity contribution in [3.8, 4) is 11.3 Å². The molecule has 0 aliphatic carbocycles. The van der Waals surface area contributed by atoms with E-state index in [1.165, 1.54) is 0 Å². The fourth-order valence-electron chi connectivity index (χ4n) is 3.34. The second kappa shape index (κ2) is 7.35. The zero-order valence-corrected chi connectivity index (χ0v) is 14.9. The summed E-state index contributed by atoms with van der Waals surface area (Å²) in [5.41, 5.74) is 2.99. The molecule has 0 spiro atoms. The molecule has 6 heteroatoms. The molecule has 0 saturated carbocycles. The predicted molar refractivity (Wildman–Crippen MR) is 99.9 cm³/mol. The van der Waals surface area contributed by atoms with Crippen molar-refractivity contribution < 1.29 is 9.53 Å². The number of carbonyl (C=O) groups is 1. The molecule has 1 saturated heterocycles. The van der Waals surface area contributed by atoms with Crippen LogP contribution < -0.4 is 0 Å². The van der Waals surface area contributed by atoms with E-state index >= 15 is 0 Å². The zero-order chi connectivity index (χ0) is 17.9. The normalized spacial score (nSPS) is 15.4. The molecule has 1 fully saturated rings. The molecule has 0 unspecified atom stereocenters.